The van der Waals surface area contributed by atoms with Crippen LogP contribution in [0.2, 0.25) is 0 Å². The van der Waals surface area contributed by atoms with Crippen LogP contribution in [0.1, 0.15) is 18.1 Å². The predicted molar refractivity (Wildman–Crippen MR) is 116 cm³/mol. The zero-order chi connectivity index (χ0) is 20.4. The van der Waals surface area contributed by atoms with Gasteiger partial charge in [-0.05, 0) is 56.2 Å². The average molecular weight is 388 g/mol. The Hall–Kier alpha value is -3.45. The van der Waals surface area contributed by atoms with Crippen LogP contribution in [-0.2, 0) is 0 Å². The Labute approximate surface area is 169 Å². The SMILES string of the molecule is Cc1ccc(Nc2nc(NCC(C)O)nc3c2cnn3-c2ccccc2)cc1C. The highest BCUT2D eigenvalue weighted by Crippen LogP contribution is 2.27. The van der Waals surface area contributed by atoms with E-state index in [1.807, 2.05) is 36.4 Å². The Kier molecular flexibility index (Phi) is 5.14. The van der Waals surface area contributed by atoms with E-state index in [1.165, 1.54) is 11.1 Å². The van der Waals surface area contributed by atoms with E-state index in [-0.39, 0.29) is 0 Å². The fraction of sp³-hybridized carbons (Fsp3) is 0.227. The maximum absolute atomic E-state index is 9.63. The second-order valence-electron chi connectivity index (χ2n) is 7.18. The van der Waals surface area contributed by atoms with Crippen LogP contribution in [-0.4, -0.2) is 37.5 Å². The summed E-state index contributed by atoms with van der Waals surface area (Å²) in [7, 11) is 0. The highest BCUT2D eigenvalue weighted by Gasteiger charge is 2.15. The van der Waals surface area contributed by atoms with Gasteiger partial charge in [0.1, 0.15) is 5.82 Å². The van der Waals surface area contributed by atoms with Crippen LogP contribution in [0.4, 0.5) is 17.5 Å². The molecule has 7 nitrogen and oxygen atoms in total. The van der Waals surface area contributed by atoms with Gasteiger partial charge in [-0.2, -0.15) is 15.1 Å². The van der Waals surface area contributed by atoms with Crippen LogP contribution in [0.15, 0.2) is 54.7 Å². The molecule has 3 N–H and O–H groups in total. The standard InChI is InChI=1S/C22H24N6O/c1-14-9-10-17(11-15(14)2)25-20-19-13-24-28(18-7-5-4-6-8-18)21(19)27-22(26-20)23-12-16(3)29/h4-11,13,16,29H,12H2,1-3H3,(H2,23,25,26,27). The molecule has 0 aliphatic heterocycles. The summed E-state index contributed by atoms with van der Waals surface area (Å²) in [5.74, 6) is 1.09. The second kappa shape index (κ2) is 7.89. The third-order valence-corrected chi connectivity index (χ3v) is 4.75. The van der Waals surface area contributed by atoms with Crippen LogP contribution in [0.5, 0.6) is 0 Å². The monoisotopic (exact) mass is 388 g/mol. The number of rotatable bonds is 6. The van der Waals surface area contributed by atoms with Gasteiger partial charge in [0, 0.05) is 12.2 Å². The number of anilines is 3. The third kappa shape index (κ3) is 4.05. The van der Waals surface area contributed by atoms with E-state index in [4.69, 9.17) is 0 Å². The number of aliphatic hydroxyl groups is 1. The number of benzene rings is 2. The lowest BCUT2D eigenvalue weighted by Gasteiger charge is -2.12. The number of aromatic nitrogens is 4. The smallest absolute Gasteiger partial charge is 0.226 e. The molecule has 0 radical (unpaired) electrons. The maximum Gasteiger partial charge on any atom is 0.226 e. The molecule has 4 aromatic rings. The van der Waals surface area contributed by atoms with E-state index in [0.717, 1.165) is 16.8 Å². The summed E-state index contributed by atoms with van der Waals surface area (Å²) in [6, 6.07) is 16.1. The molecule has 0 amide bonds. The zero-order valence-electron chi connectivity index (χ0n) is 16.7. The molecule has 2 aromatic heterocycles. The van der Waals surface area contributed by atoms with E-state index in [2.05, 4.69) is 51.7 Å². The number of nitrogens with zero attached hydrogens (tertiary/aromatic N) is 4. The fourth-order valence-electron chi connectivity index (χ4n) is 3.04. The van der Waals surface area contributed by atoms with Crippen molar-refractivity contribution in [2.24, 2.45) is 0 Å². The van der Waals surface area contributed by atoms with Gasteiger partial charge in [0.25, 0.3) is 0 Å². The van der Waals surface area contributed by atoms with E-state index >= 15 is 0 Å². The number of aryl methyl sites for hydroxylation is 2. The van der Waals surface area contributed by atoms with Gasteiger partial charge >= 0.3 is 0 Å². The normalized spacial score (nSPS) is 12.1. The summed E-state index contributed by atoms with van der Waals surface area (Å²) < 4.78 is 1.79. The summed E-state index contributed by atoms with van der Waals surface area (Å²) in [5.41, 5.74) is 4.99. The van der Waals surface area contributed by atoms with Crippen molar-refractivity contribution < 1.29 is 5.11 Å². The van der Waals surface area contributed by atoms with Gasteiger partial charge in [-0.15, -0.1) is 0 Å². The van der Waals surface area contributed by atoms with Gasteiger partial charge < -0.3 is 15.7 Å². The fourth-order valence-corrected chi connectivity index (χ4v) is 3.04. The molecule has 0 spiro atoms. The highest BCUT2D eigenvalue weighted by atomic mass is 16.3. The molecule has 29 heavy (non-hydrogen) atoms. The summed E-state index contributed by atoms with van der Waals surface area (Å²) in [4.78, 5) is 9.27. The Morgan fingerprint density at radius 3 is 2.55 bits per heavy atom. The first-order chi connectivity index (χ1) is 14.0. The van der Waals surface area contributed by atoms with E-state index in [0.29, 0.717) is 24.0 Å². The topological polar surface area (TPSA) is 87.9 Å². The summed E-state index contributed by atoms with van der Waals surface area (Å²) >= 11 is 0. The number of hydrogen-bond donors (Lipinski definition) is 3. The Balaban J connectivity index is 1.81. The van der Waals surface area contributed by atoms with Crippen molar-refractivity contribution in [3.8, 4) is 5.69 Å². The zero-order valence-corrected chi connectivity index (χ0v) is 16.7. The van der Waals surface area contributed by atoms with Crippen LogP contribution < -0.4 is 10.6 Å². The van der Waals surface area contributed by atoms with Crippen LogP contribution in [0.25, 0.3) is 16.7 Å². The van der Waals surface area contributed by atoms with Crippen LogP contribution in [0, 0.1) is 13.8 Å². The number of nitrogens with one attached hydrogen (secondary N) is 2. The predicted octanol–water partition coefficient (Wildman–Crippen LogP) is 3.97. The van der Waals surface area contributed by atoms with E-state index in [9.17, 15) is 5.11 Å². The summed E-state index contributed by atoms with van der Waals surface area (Å²) in [6.07, 6.45) is 1.26. The molecule has 4 rings (SSSR count). The first-order valence-corrected chi connectivity index (χ1v) is 9.58. The first kappa shape index (κ1) is 18.9. The molecular formula is C22H24N6O. The number of para-hydroxylation sites is 1. The average Bonchev–Trinajstić information content (AvgIpc) is 3.14. The van der Waals surface area contributed by atoms with Gasteiger partial charge in [-0.25, -0.2) is 4.68 Å². The lowest BCUT2D eigenvalue weighted by atomic mass is 10.1. The number of fused-ring (bicyclic) bond motifs is 1. The van der Waals surface area contributed by atoms with Crippen molar-refractivity contribution in [3.05, 3.63) is 65.9 Å². The minimum absolute atomic E-state index is 0.355. The molecule has 1 atom stereocenters. The lowest BCUT2D eigenvalue weighted by Crippen LogP contribution is -2.17. The van der Waals surface area contributed by atoms with Gasteiger partial charge in [0.05, 0.1) is 23.4 Å². The first-order valence-electron chi connectivity index (χ1n) is 9.58. The molecular weight excluding hydrogens is 364 g/mol. The Morgan fingerprint density at radius 2 is 1.83 bits per heavy atom. The molecule has 1 unspecified atom stereocenters. The molecule has 2 aromatic carbocycles. The second-order valence-corrected chi connectivity index (χ2v) is 7.18. The molecule has 0 aliphatic carbocycles. The van der Waals surface area contributed by atoms with Crippen LogP contribution in [0.3, 0.4) is 0 Å². The molecule has 0 fully saturated rings. The van der Waals surface area contributed by atoms with Gasteiger partial charge in [0.15, 0.2) is 5.65 Å². The van der Waals surface area contributed by atoms with Crippen molar-refractivity contribution in [2.45, 2.75) is 26.9 Å². The number of aliphatic hydroxyl groups excluding tert-OH is 1. The molecule has 0 saturated heterocycles. The van der Waals surface area contributed by atoms with Gasteiger partial charge in [-0.3, -0.25) is 0 Å². The van der Waals surface area contributed by atoms with Gasteiger partial charge in [-0.1, -0.05) is 24.3 Å². The van der Waals surface area contributed by atoms with Crippen molar-refractivity contribution in [3.63, 3.8) is 0 Å². The quantitative estimate of drug-likeness (QED) is 0.463. The van der Waals surface area contributed by atoms with Crippen molar-refractivity contribution in [1.29, 1.82) is 0 Å². The summed E-state index contributed by atoms with van der Waals surface area (Å²) in [5, 5.41) is 21.5. The van der Waals surface area contributed by atoms with E-state index in [1.54, 1.807) is 17.8 Å². The molecule has 0 bridgehead atoms. The number of hydrogen-bond acceptors (Lipinski definition) is 6. The van der Waals surface area contributed by atoms with Crippen LogP contribution >= 0.6 is 0 Å². The Bertz CT molecular complexity index is 1140. The molecule has 7 heteroatoms. The van der Waals surface area contributed by atoms with Gasteiger partial charge in [0.2, 0.25) is 5.95 Å². The molecule has 148 valence electrons. The molecule has 0 saturated carbocycles. The third-order valence-electron chi connectivity index (χ3n) is 4.75. The lowest BCUT2D eigenvalue weighted by molar-refractivity contribution is 0.208. The molecule has 2 heterocycles. The van der Waals surface area contributed by atoms with Crippen molar-refractivity contribution >= 4 is 28.5 Å². The largest absolute Gasteiger partial charge is 0.392 e. The van der Waals surface area contributed by atoms with Crippen molar-refractivity contribution in [1.82, 2.24) is 19.7 Å². The maximum atomic E-state index is 9.63. The minimum Gasteiger partial charge on any atom is -0.392 e. The highest BCUT2D eigenvalue weighted by molar-refractivity contribution is 5.90. The van der Waals surface area contributed by atoms with E-state index < -0.39 is 6.10 Å². The summed E-state index contributed by atoms with van der Waals surface area (Å²) in [6.45, 7) is 6.24. The Morgan fingerprint density at radius 1 is 1.03 bits per heavy atom. The minimum atomic E-state index is -0.510. The van der Waals surface area contributed by atoms with Crippen molar-refractivity contribution in [2.75, 3.05) is 17.2 Å². The molecule has 0 aliphatic rings.